The van der Waals surface area contributed by atoms with E-state index in [1.54, 1.807) is 19.1 Å². The molecule has 1 aromatic carbocycles. The van der Waals surface area contributed by atoms with Crippen molar-refractivity contribution in [2.24, 2.45) is 5.73 Å². The van der Waals surface area contributed by atoms with Crippen LogP contribution in [-0.4, -0.2) is 12.1 Å². The molecule has 2 N–H and O–H groups in total. The zero-order valence-electron chi connectivity index (χ0n) is 8.75. The molecule has 1 aromatic rings. The van der Waals surface area contributed by atoms with Crippen molar-refractivity contribution in [1.82, 2.24) is 0 Å². The van der Waals surface area contributed by atoms with Crippen molar-refractivity contribution >= 4 is 0 Å². The minimum atomic E-state index is -0.217. The molecule has 1 rings (SSSR count). The Kier molecular flexibility index (Phi) is 3.47. The molecule has 78 valence electrons. The molecule has 14 heavy (non-hydrogen) atoms. The summed E-state index contributed by atoms with van der Waals surface area (Å²) in [5, 5.41) is 0. The summed E-state index contributed by atoms with van der Waals surface area (Å²) in [6.07, 6.45) is -0.0696. The smallest absolute Gasteiger partial charge is 0.126 e. The first-order chi connectivity index (χ1) is 6.50. The van der Waals surface area contributed by atoms with Crippen LogP contribution in [0.25, 0.3) is 0 Å². The van der Waals surface area contributed by atoms with Gasteiger partial charge in [-0.3, -0.25) is 0 Å². The fourth-order valence-electron chi connectivity index (χ4n) is 1.01. The summed E-state index contributed by atoms with van der Waals surface area (Å²) >= 11 is 0. The minimum absolute atomic E-state index is 0.0413. The molecule has 0 saturated heterocycles. The average molecular weight is 197 g/mol. The van der Waals surface area contributed by atoms with Crippen LogP contribution in [0.3, 0.4) is 0 Å². The third-order valence-electron chi connectivity index (χ3n) is 2.19. The van der Waals surface area contributed by atoms with Gasteiger partial charge in [0.05, 0.1) is 0 Å². The Balaban J connectivity index is 2.73. The van der Waals surface area contributed by atoms with E-state index in [0.29, 0.717) is 11.3 Å². The summed E-state index contributed by atoms with van der Waals surface area (Å²) < 4.78 is 18.4. The zero-order chi connectivity index (χ0) is 10.7. The maximum atomic E-state index is 12.9. The SMILES string of the molecule is Cc1cc(OC(C)[C@H](C)N)ccc1F. The third kappa shape index (κ3) is 2.70. The molecule has 0 bridgehead atoms. The second-order valence-electron chi connectivity index (χ2n) is 3.59. The van der Waals surface area contributed by atoms with Crippen molar-refractivity contribution in [1.29, 1.82) is 0 Å². The zero-order valence-corrected chi connectivity index (χ0v) is 8.75. The first kappa shape index (κ1) is 11.0. The molecule has 0 heterocycles. The molecule has 0 saturated carbocycles. The Morgan fingerprint density at radius 1 is 1.36 bits per heavy atom. The molecule has 0 radical (unpaired) electrons. The Morgan fingerprint density at radius 2 is 2.00 bits per heavy atom. The highest BCUT2D eigenvalue weighted by Crippen LogP contribution is 2.17. The maximum absolute atomic E-state index is 12.9. The van der Waals surface area contributed by atoms with Gasteiger partial charge >= 0.3 is 0 Å². The van der Waals surface area contributed by atoms with Crippen molar-refractivity contribution < 1.29 is 9.13 Å². The van der Waals surface area contributed by atoms with Crippen LogP contribution < -0.4 is 10.5 Å². The maximum Gasteiger partial charge on any atom is 0.126 e. The highest BCUT2D eigenvalue weighted by molar-refractivity contribution is 5.29. The van der Waals surface area contributed by atoms with Crippen molar-refractivity contribution in [2.75, 3.05) is 0 Å². The van der Waals surface area contributed by atoms with Gasteiger partial charge in [0.25, 0.3) is 0 Å². The van der Waals surface area contributed by atoms with Gasteiger partial charge in [-0.1, -0.05) is 0 Å². The molecule has 3 heteroatoms. The number of nitrogens with two attached hydrogens (primary N) is 1. The van der Waals surface area contributed by atoms with E-state index in [1.165, 1.54) is 6.07 Å². The van der Waals surface area contributed by atoms with E-state index < -0.39 is 0 Å². The largest absolute Gasteiger partial charge is 0.489 e. The van der Waals surface area contributed by atoms with Crippen molar-refractivity contribution in [3.8, 4) is 5.75 Å². The summed E-state index contributed by atoms with van der Waals surface area (Å²) in [7, 11) is 0. The molecule has 1 unspecified atom stereocenters. The lowest BCUT2D eigenvalue weighted by atomic mass is 10.2. The average Bonchev–Trinajstić information content (AvgIpc) is 2.11. The number of ether oxygens (including phenoxy) is 1. The monoisotopic (exact) mass is 197 g/mol. The van der Waals surface area contributed by atoms with Gasteiger partial charge in [0.2, 0.25) is 0 Å². The molecule has 0 fully saturated rings. The Hall–Kier alpha value is -1.09. The Labute approximate surface area is 83.9 Å². The minimum Gasteiger partial charge on any atom is -0.489 e. The molecule has 0 spiro atoms. The third-order valence-corrected chi connectivity index (χ3v) is 2.19. The van der Waals surface area contributed by atoms with Crippen LogP contribution in [0.5, 0.6) is 5.75 Å². The second kappa shape index (κ2) is 4.42. The van der Waals surface area contributed by atoms with Crippen LogP contribution in [-0.2, 0) is 0 Å². The number of aryl methyl sites for hydroxylation is 1. The van der Waals surface area contributed by atoms with Crippen LogP contribution >= 0.6 is 0 Å². The molecule has 2 atom stereocenters. The fourth-order valence-corrected chi connectivity index (χ4v) is 1.01. The number of hydrogen-bond donors (Lipinski definition) is 1. The second-order valence-corrected chi connectivity index (χ2v) is 3.59. The van der Waals surface area contributed by atoms with Gasteiger partial charge in [0.1, 0.15) is 17.7 Å². The van der Waals surface area contributed by atoms with Gasteiger partial charge in [0, 0.05) is 6.04 Å². The molecule has 0 amide bonds. The van der Waals surface area contributed by atoms with Crippen LogP contribution in [0.2, 0.25) is 0 Å². The van der Waals surface area contributed by atoms with Gasteiger partial charge in [0.15, 0.2) is 0 Å². The van der Waals surface area contributed by atoms with Gasteiger partial charge in [-0.15, -0.1) is 0 Å². The van der Waals surface area contributed by atoms with Crippen molar-refractivity contribution in [2.45, 2.75) is 32.9 Å². The lowest BCUT2D eigenvalue weighted by molar-refractivity contribution is 0.196. The highest BCUT2D eigenvalue weighted by Gasteiger charge is 2.09. The summed E-state index contributed by atoms with van der Waals surface area (Å²) in [6, 6.07) is 4.65. The van der Waals surface area contributed by atoms with E-state index in [2.05, 4.69) is 0 Å². The van der Waals surface area contributed by atoms with Crippen molar-refractivity contribution in [3.05, 3.63) is 29.6 Å². The predicted molar refractivity (Wildman–Crippen MR) is 54.9 cm³/mol. The molecular formula is C11H16FNO. The molecule has 0 aliphatic carbocycles. The first-order valence-corrected chi connectivity index (χ1v) is 4.69. The molecule has 2 nitrogen and oxygen atoms in total. The fraction of sp³-hybridized carbons (Fsp3) is 0.455. The van der Waals surface area contributed by atoms with E-state index in [1.807, 2.05) is 13.8 Å². The van der Waals surface area contributed by atoms with Gasteiger partial charge in [-0.2, -0.15) is 0 Å². The van der Waals surface area contributed by atoms with E-state index in [-0.39, 0.29) is 18.0 Å². The Bertz CT molecular complexity index is 312. The van der Waals surface area contributed by atoms with Crippen LogP contribution in [0, 0.1) is 12.7 Å². The van der Waals surface area contributed by atoms with E-state index in [9.17, 15) is 4.39 Å². The topological polar surface area (TPSA) is 35.2 Å². The first-order valence-electron chi connectivity index (χ1n) is 4.69. The van der Waals surface area contributed by atoms with Crippen LogP contribution in [0.15, 0.2) is 18.2 Å². The normalized spacial score (nSPS) is 14.9. The molecule has 0 aliphatic heterocycles. The highest BCUT2D eigenvalue weighted by atomic mass is 19.1. The van der Waals surface area contributed by atoms with Gasteiger partial charge in [-0.25, -0.2) is 4.39 Å². The lowest BCUT2D eigenvalue weighted by Gasteiger charge is -2.18. The van der Waals surface area contributed by atoms with E-state index >= 15 is 0 Å². The molecule has 0 aromatic heterocycles. The number of hydrogen-bond acceptors (Lipinski definition) is 2. The van der Waals surface area contributed by atoms with Gasteiger partial charge in [-0.05, 0) is 44.5 Å². The molecular weight excluding hydrogens is 181 g/mol. The molecule has 0 aliphatic rings. The van der Waals surface area contributed by atoms with E-state index in [0.717, 1.165) is 0 Å². The predicted octanol–water partition coefficient (Wildman–Crippen LogP) is 2.25. The van der Waals surface area contributed by atoms with Gasteiger partial charge < -0.3 is 10.5 Å². The van der Waals surface area contributed by atoms with Crippen LogP contribution in [0.1, 0.15) is 19.4 Å². The number of rotatable bonds is 3. The number of halogens is 1. The lowest BCUT2D eigenvalue weighted by Crippen LogP contribution is -2.33. The number of benzene rings is 1. The summed E-state index contributed by atoms with van der Waals surface area (Å²) in [4.78, 5) is 0. The summed E-state index contributed by atoms with van der Waals surface area (Å²) in [6.45, 7) is 5.48. The van der Waals surface area contributed by atoms with E-state index in [4.69, 9.17) is 10.5 Å². The quantitative estimate of drug-likeness (QED) is 0.806. The summed E-state index contributed by atoms with van der Waals surface area (Å²) in [5.74, 6) is 0.444. The van der Waals surface area contributed by atoms with Crippen molar-refractivity contribution in [3.63, 3.8) is 0 Å². The Morgan fingerprint density at radius 3 is 2.50 bits per heavy atom. The summed E-state index contributed by atoms with van der Waals surface area (Å²) in [5.41, 5.74) is 6.24. The standard InChI is InChI=1S/C11H16FNO/c1-7-6-10(4-5-11(7)12)14-9(3)8(2)13/h4-6,8-9H,13H2,1-3H3/t8-,9?/m0/s1. The van der Waals surface area contributed by atoms with Crippen LogP contribution in [0.4, 0.5) is 4.39 Å².